The van der Waals surface area contributed by atoms with Crippen molar-refractivity contribution in [2.24, 2.45) is 0 Å². The molecule has 2 nitrogen and oxygen atoms in total. The van der Waals surface area contributed by atoms with Crippen molar-refractivity contribution in [3.63, 3.8) is 0 Å². The molecule has 2 aromatic carbocycles. The van der Waals surface area contributed by atoms with Crippen LogP contribution >= 0.6 is 11.3 Å². The molecule has 1 N–H and O–H groups in total. The lowest BCUT2D eigenvalue weighted by Crippen LogP contribution is -2.26. The monoisotopic (exact) mass is 321 g/mol. The average Bonchev–Trinajstić information content (AvgIpc) is 3.06. The molecular weight excluding hydrogens is 302 g/mol. The molecule has 1 aromatic heterocycles. The molecule has 1 heterocycles. The van der Waals surface area contributed by atoms with Gasteiger partial charge in [-0.2, -0.15) is 0 Å². The van der Waals surface area contributed by atoms with E-state index in [2.05, 4.69) is 36.5 Å². The van der Waals surface area contributed by atoms with Crippen molar-refractivity contribution in [2.75, 3.05) is 0 Å². The number of hydrogen-bond donors (Lipinski definition) is 1. The Bertz CT molecular complexity index is 790. The van der Waals surface area contributed by atoms with E-state index in [1.165, 1.54) is 16.9 Å². The minimum Gasteiger partial charge on any atom is -0.345 e. The van der Waals surface area contributed by atoms with E-state index in [1.54, 1.807) is 0 Å². The van der Waals surface area contributed by atoms with Gasteiger partial charge in [-0.3, -0.25) is 4.79 Å². The Morgan fingerprint density at radius 2 is 1.70 bits per heavy atom. The largest absolute Gasteiger partial charge is 0.345 e. The molecule has 3 aromatic rings. The molecule has 0 fully saturated rings. The number of thiophene rings is 1. The van der Waals surface area contributed by atoms with Crippen LogP contribution in [0.25, 0.3) is 11.1 Å². The second-order valence-electron chi connectivity index (χ2n) is 5.64. The molecule has 0 saturated carbocycles. The fourth-order valence-electron chi connectivity index (χ4n) is 2.53. The maximum atomic E-state index is 12.6. The van der Waals surface area contributed by atoms with Gasteiger partial charge in [-0.1, -0.05) is 60.2 Å². The zero-order valence-corrected chi connectivity index (χ0v) is 14.1. The van der Waals surface area contributed by atoms with Gasteiger partial charge in [0.1, 0.15) is 0 Å². The lowest BCUT2D eigenvalue weighted by molar-refractivity contribution is 0.0944. The Kier molecular flexibility index (Phi) is 4.58. The van der Waals surface area contributed by atoms with Crippen molar-refractivity contribution in [3.8, 4) is 11.1 Å². The smallest absolute Gasteiger partial charge is 0.262 e. The van der Waals surface area contributed by atoms with Crippen LogP contribution in [0.1, 0.15) is 33.8 Å². The summed E-state index contributed by atoms with van der Waals surface area (Å²) < 4.78 is 0. The molecule has 0 bridgehead atoms. The number of aryl methyl sites for hydroxylation is 1. The minimum absolute atomic E-state index is 0.0170. The first kappa shape index (κ1) is 15.5. The Morgan fingerprint density at radius 3 is 2.39 bits per heavy atom. The predicted molar refractivity (Wildman–Crippen MR) is 96.8 cm³/mol. The van der Waals surface area contributed by atoms with Crippen molar-refractivity contribution < 1.29 is 4.79 Å². The van der Waals surface area contributed by atoms with E-state index in [4.69, 9.17) is 0 Å². The Labute approximate surface area is 140 Å². The van der Waals surface area contributed by atoms with Crippen LogP contribution in [-0.2, 0) is 0 Å². The molecule has 23 heavy (non-hydrogen) atoms. The topological polar surface area (TPSA) is 29.1 Å². The van der Waals surface area contributed by atoms with Crippen LogP contribution in [0.4, 0.5) is 0 Å². The summed E-state index contributed by atoms with van der Waals surface area (Å²) >= 11 is 1.48. The molecule has 0 radical (unpaired) electrons. The van der Waals surface area contributed by atoms with Crippen molar-refractivity contribution in [2.45, 2.75) is 19.9 Å². The van der Waals surface area contributed by atoms with Crippen LogP contribution < -0.4 is 5.32 Å². The zero-order chi connectivity index (χ0) is 16.2. The summed E-state index contributed by atoms with van der Waals surface area (Å²) in [4.78, 5) is 13.4. The van der Waals surface area contributed by atoms with Crippen LogP contribution in [0, 0.1) is 6.92 Å². The van der Waals surface area contributed by atoms with E-state index in [-0.39, 0.29) is 11.9 Å². The van der Waals surface area contributed by atoms with Gasteiger partial charge in [-0.15, -0.1) is 11.3 Å². The molecule has 0 aliphatic heterocycles. The summed E-state index contributed by atoms with van der Waals surface area (Å²) in [6.45, 7) is 4.07. The highest BCUT2D eigenvalue weighted by atomic mass is 32.1. The van der Waals surface area contributed by atoms with E-state index in [0.717, 1.165) is 21.6 Å². The molecule has 0 saturated heterocycles. The van der Waals surface area contributed by atoms with Gasteiger partial charge in [-0.25, -0.2) is 0 Å². The van der Waals surface area contributed by atoms with E-state index < -0.39 is 0 Å². The first-order valence-electron chi connectivity index (χ1n) is 7.65. The summed E-state index contributed by atoms with van der Waals surface area (Å²) in [5.41, 5.74) is 4.39. The summed E-state index contributed by atoms with van der Waals surface area (Å²) in [5.74, 6) is -0.0214. The molecule has 3 heteroatoms. The molecule has 1 amide bonds. The number of amides is 1. The number of benzene rings is 2. The van der Waals surface area contributed by atoms with Crippen molar-refractivity contribution in [1.29, 1.82) is 0 Å². The highest BCUT2D eigenvalue weighted by Crippen LogP contribution is 2.29. The molecule has 1 unspecified atom stereocenters. The van der Waals surface area contributed by atoms with Crippen LogP contribution in [0.15, 0.2) is 66.0 Å². The van der Waals surface area contributed by atoms with E-state index in [9.17, 15) is 4.79 Å². The SMILES string of the molecule is Cc1ccc(-c2ccsc2C(=O)NC(C)c2ccccc2)cc1. The van der Waals surface area contributed by atoms with Crippen LogP contribution in [0.2, 0.25) is 0 Å². The quantitative estimate of drug-likeness (QED) is 0.702. The lowest BCUT2D eigenvalue weighted by Gasteiger charge is -2.14. The van der Waals surface area contributed by atoms with Gasteiger partial charge in [0.05, 0.1) is 10.9 Å². The molecule has 0 aliphatic carbocycles. The number of rotatable bonds is 4. The molecule has 0 aliphatic rings. The molecular formula is C20H19NOS. The molecule has 0 spiro atoms. The Balaban J connectivity index is 1.81. The van der Waals surface area contributed by atoms with Gasteiger partial charge in [0.2, 0.25) is 0 Å². The fourth-order valence-corrected chi connectivity index (χ4v) is 3.35. The minimum atomic E-state index is -0.0214. The zero-order valence-electron chi connectivity index (χ0n) is 13.2. The summed E-state index contributed by atoms with van der Waals surface area (Å²) in [7, 11) is 0. The normalized spacial score (nSPS) is 11.9. The van der Waals surface area contributed by atoms with E-state index in [0.29, 0.717) is 0 Å². The maximum absolute atomic E-state index is 12.6. The Hall–Kier alpha value is -2.39. The second kappa shape index (κ2) is 6.80. The standard InChI is InChI=1S/C20H19NOS/c1-14-8-10-17(11-9-14)18-12-13-23-19(18)20(22)21-15(2)16-6-4-3-5-7-16/h3-13,15H,1-2H3,(H,21,22). The van der Waals surface area contributed by atoms with Gasteiger partial charge in [0.15, 0.2) is 0 Å². The van der Waals surface area contributed by atoms with Crippen molar-refractivity contribution >= 4 is 17.2 Å². The highest BCUT2D eigenvalue weighted by molar-refractivity contribution is 7.12. The third-order valence-corrected chi connectivity index (χ3v) is 4.79. The van der Waals surface area contributed by atoms with Crippen LogP contribution in [0.3, 0.4) is 0 Å². The molecule has 1 atom stereocenters. The van der Waals surface area contributed by atoms with Gasteiger partial charge in [-0.05, 0) is 36.4 Å². The number of carbonyl (C=O) groups is 1. The number of hydrogen-bond acceptors (Lipinski definition) is 2. The first-order valence-corrected chi connectivity index (χ1v) is 8.53. The highest BCUT2D eigenvalue weighted by Gasteiger charge is 2.17. The maximum Gasteiger partial charge on any atom is 0.262 e. The third-order valence-electron chi connectivity index (χ3n) is 3.88. The van der Waals surface area contributed by atoms with Crippen molar-refractivity contribution in [1.82, 2.24) is 5.32 Å². The van der Waals surface area contributed by atoms with Gasteiger partial charge < -0.3 is 5.32 Å². The van der Waals surface area contributed by atoms with Crippen LogP contribution in [-0.4, -0.2) is 5.91 Å². The third kappa shape index (κ3) is 3.51. The lowest BCUT2D eigenvalue weighted by atomic mass is 10.0. The average molecular weight is 321 g/mol. The number of carbonyl (C=O) groups excluding carboxylic acids is 1. The summed E-state index contributed by atoms with van der Waals surface area (Å²) in [6, 6.07) is 20.3. The van der Waals surface area contributed by atoms with E-state index in [1.807, 2.05) is 48.7 Å². The van der Waals surface area contributed by atoms with Crippen molar-refractivity contribution in [3.05, 3.63) is 82.0 Å². The van der Waals surface area contributed by atoms with E-state index >= 15 is 0 Å². The summed E-state index contributed by atoms with van der Waals surface area (Å²) in [6.07, 6.45) is 0. The number of nitrogens with one attached hydrogen (secondary N) is 1. The summed E-state index contributed by atoms with van der Waals surface area (Å²) in [5, 5.41) is 5.06. The van der Waals surface area contributed by atoms with Gasteiger partial charge in [0, 0.05) is 5.56 Å². The fraction of sp³-hybridized carbons (Fsp3) is 0.150. The first-order chi connectivity index (χ1) is 11.1. The second-order valence-corrected chi connectivity index (χ2v) is 6.55. The predicted octanol–water partition coefficient (Wildman–Crippen LogP) is 5.21. The van der Waals surface area contributed by atoms with Gasteiger partial charge >= 0.3 is 0 Å². The molecule has 116 valence electrons. The van der Waals surface area contributed by atoms with Gasteiger partial charge in [0.25, 0.3) is 5.91 Å². The Morgan fingerprint density at radius 1 is 1.00 bits per heavy atom. The molecule has 3 rings (SSSR count). The van der Waals surface area contributed by atoms with Crippen LogP contribution in [0.5, 0.6) is 0 Å².